The number of aryl methyl sites for hydroxylation is 1. The predicted molar refractivity (Wildman–Crippen MR) is 145 cm³/mol. The Hall–Kier alpha value is -3.42. The van der Waals surface area contributed by atoms with E-state index >= 15 is 0 Å². The highest BCUT2D eigenvalue weighted by Crippen LogP contribution is 2.50. The molecule has 1 atom stereocenters. The number of hydrogen-bond donors (Lipinski definition) is 4. The van der Waals surface area contributed by atoms with Crippen LogP contribution >= 0.6 is 7.82 Å². The minimum absolute atomic E-state index is 0.0461. The first kappa shape index (κ1) is 26.2. The van der Waals surface area contributed by atoms with E-state index in [9.17, 15) is 9.36 Å². The largest absolute Gasteiger partial charge is 0.496 e. The number of phosphoric acid groups is 1. The van der Waals surface area contributed by atoms with Crippen molar-refractivity contribution in [2.24, 2.45) is 0 Å². The zero-order chi connectivity index (χ0) is 26.9. The maximum atomic E-state index is 13.9. The number of rotatable bonds is 10. The van der Waals surface area contributed by atoms with Crippen molar-refractivity contribution in [3.05, 3.63) is 101 Å². The fourth-order valence-electron chi connectivity index (χ4n) is 5.04. The topological polar surface area (TPSA) is 121 Å². The number of ether oxygens (including phenoxy) is 1. The van der Waals surface area contributed by atoms with Gasteiger partial charge in [-0.2, -0.15) is 0 Å². The van der Waals surface area contributed by atoms with Gasteiger partial charge in [-0.05, 0) is 66.6 Å². The third-order valence-corrected chi connectivity index (χ3v) is 7.76. The van der Waals surface area contributed by atoms with Gasteiger partial charge in [-0.25, -0.2) is 4.57 Å². The summed E-state index contributed by atoms with van der Waals surface area (Å²) in [6.07, 6.45) is 3.61. The number of aromatic nitrogens is 1. The molecule has 4 N–H and O–H groups in total. The quantitative estimate of drug-likeness (QED) is 0.211. The molecule has 4 aromatic rings. The number of carbonyl (C=O) groups is 1. The first-order valence-electron chi connectivity index (χ1n) is 12.5. The van der Waals surface area contributed by atoms with Crippen molar-refractivity contribution in [2.45, 2.75) is 37.6 Å². The monoisotopic (exact) mass is 534 g/mol. The molecule has 1 amide bonds. The van der Waals surface area contributed by atoms with Crippen LogP contribution < -0.4 is 10.1 Å². The Bertz CT molecular complexity index is 1510. The van der Waals surface area contributed by atoms with Gasteiger partial charge in [-0.3, -0.25) is 9.32 Å². The lowest BCUT2D eigenvalue weighted by atomic mass is 9.91. The van der Waals surface area contributed by atoms with E-state index in [0.29, 0.717) is 6.42 Å². The van der Waals surface area contributed by atoms with Crippen LogP contribution in [0.2, 0.25) is 0 Å². The summed E-state index contributed by atoms with van der Waals surface area (Å²) in [7, 11) is -2.89. The molecule has 0 aliphatic heterocycles. The second-order valence-corrected chi connectivity index (χ2v) is 11.0. The Kier molecular flexibility index (Phi) is 7.16. The Morgan fingerprint density at radius 3 is 2.55 bits per heavy atom. The summed E-state index contributed by atoms with van der Waals surface area (Å²) < 4.78 is 21.4. The summed E-state index contributed by atoms with van der Waals surface area (Å²) in [6.45, 7) is 1.90. The molecule has 1 unspecified atom stereocenters. The van der Waals surface area contributed by atoms with E-state index in [1.54, 1.807) is 7.11 Å². The maximum absolute atomic E-state index is 13.9. The number of H-pyrrole nitrogens is 1. The summed E-state index contributed by atoms with van der Waals surface area (Å²) >= 11 is 0. The van der Waals surface area contributed by atoms with Crippen molar-refractivity contribution in [2.75, 3.05) is 13.7 Å². The maximum Gasteiger partial charge on any atom is 0.469 e. The van der Waals surface area contributed by atoms with Crippen LogP contribution in [0.1, 0.15) is 46.7 Å². The van der Waals surface area contributed by atoms with Crippen LogP contribution in [-0.4, -0.2) is 34.4 Å². The van der Waals surface area contributed by atoms with Crippen molar-refractivity contribution in [1.82, 2.24) is 10.3 Å². The molecule has 0 radical (unpaired) electrons. The van der Waals surface area contributed by atoms with Crippen molar-refractivity contribution >= 4 is 24.6 Å². The molecule has 0 saturated heterocycles. The molecule has 1 aliphatic rings. The van der Waals surface area contributed by atoms with Crippen LogP contribution in [0.4, 0.5) is 0 Å². The number of phosphoric ester groups is 1. The second kappa shape index (κ2) is 10.4. The number of methoxy groups -OCH3 is 1. The van der Waals surface area contributed by atoms with Gasteiger partial charge in [0.15, 0.2) is 0 Å². The zero-order valence-corrected chi connectivity index (χ0v) is 22.2. The van der Waals surface area contributed by atoms with E-state index in [2.05, 4.69) is 14.8 Å². The van der Waals surface area contributed by atoms with E-state index in [4.69, 9.17) is 14.5 Å². The molecule has 0 spiro atoms. The Morgan fingerprint density at radius 2 is 1.87 bits per heavy atom. The van der Waals surface area contributed by atoms with Crippen LogP contribution in [0.25, 0.3) is 10.9 Å². The van der Waals surface area contributed by atoms with E-state index in [1.165, 1.54) is 0 Å². The fourth-order valence-corrected chi connectivity index (χ4v) is 5.37. The van der Waals surface area contributed by atoms with E-state index in [1.807, 2.05) is 79.9 Å². The molecule has 9 heteroatoms. The fraction of sp³-hybridized carbons (Fsp3) is 0.276. The highest BCUT2D eigenvalue weighted by atomic mass is 31.2. The summed E-state index contributed by atoms with van der Waals surface area (Å²) in [6, 6.07) is 21.4. The molecule has 3 aromatic carbocycles. The third-order valence-electron chi connectivity index (χ3n) is 7.24. The molecule has 8 nitrogen and oxygen atoms in total. The summed E-state index contributed by atoms with van der Waals surface area (Å²) in [5, 5.41) is 4.23. The smallest absolute Gasteiger partial charge is 0.469 e. The molecule has 0 bridgehead atoms. The average Bonchev–Trinajstić information content (AvgIpc) is 3.62. The molecule has 1 aliphatic carbocycles. The Balaban J connectivity index is 1.44. The standard InChI is InChI=1S/C29H31N2O6P/c1-19-8-10-23(26(16-19)36-2)27(20-6-4-3-5-7-20)31-28(32)29(13-14-29)22-9-11-25-24(17-22)21(18-30-25)12-15-37-38(33,34)35/h3-11,16-18,27,30H,12-15H2,1-2H3,(H,31,32)(H2,33,34,35). The van der Waals surface area contributed by atoms with Gasteiger partial charge in [-0.1, -0.05) is 48.5 Å². The molecular weight excluding hydrogens is 503 g/mol. The molecular formula is C29H31N2O6P. The summed E-state index contributed by atoms with van der Waals surface area (Å²) in [5.74, 6) is 0.676. The number of nitrogens with one attached hydrogen (secondary N) is 2. The van der Waals surface area contributed by atoms with Crippen LogP contribution in [-0.2, 0) is 25.7 Å². The SMILES string of the molecule is COc1cc(C)ccc1C(NC(=O)C1(c2ccc3[nH]cc(CCOP(=O)(O)O)c3c2)CC1)c1ccccc1. The minimum atomic E-state index is -4.53. The molecule has 5 rings (SSSR count). The van der Waals surface area contributed by atoms with Crippen LogP contribution in [0, 0.1) is 6.92 Å². The van der Waals surface area contributed by atoms with Crippen LogP contribution in [0.15, 0.2) is 72.9 Å². The van der Waals surface area contributed by atoms with Gasteiger partial charge in [0.05, 0.1) is 25.2 Å². The van der Waals surface area contributed by atoms with Crippen LogP contribution in [0.5, 0.6) is 5.75 Å². The Morgan fingerprint density at radius 1 is 1.11 bits per heavy atom. The molecule has 38 heavy (non-hydrogen) atoms. The van der Waals surface area contributed by atoms with Crippen molar-refractivity contribution in [3.63, 3.8) is 0 Å². The van der Waals surface area contributed by atoms with Gasteiger partial charge >= 0.3 is 7.82 Å². The number of benzene rings is 3. The van der Waals surface area contributed by atoms with Gasteiger partial charge in [0.25, 0.3) is 0 Å². The number of amides is 1. The van der Waals surface area contributed by atoms with Gasteiger partial charge in [0.1, 0.15) is 5.75 Å². The number of aromatic amines is 1. The predicted octanol–water partition coefficient (Wildman–Crippen LogP) is 5.07. The minimum Gasteiger partial charge on any atom is -0.496 e. The third kappa shape index (κ3) is 5.40. The molecule has 1 saturated carbocycles. The zero-order valence-electron chi connectivity index (χ0n) is 21.3. The lowest BCUT2D eigenvalue weighted by Gasteiger charge is -2.25. The van der Waals surface area contributed by atoms with Gasteiger partial charge < -0.3 is 24.8 Å². The van der Waals surface area contributed by atoms with Crippen molar-refractivity contribution < 1.29 is 28.4 Å². The van der Waals surface area contributed by atoms with Crippen molar-refractivity contribution in [1.29, 1.82) is 0 Å². The molecule has 198 valence electrons. The van der Waals surface area contributed by atoms with Crippen molar-refractivity contribution in [3.8, 4) is 5.75 Å². The Labute approximate surface area is 221 Å². The molecule has 1 aromatic heterocycles. The first-order chi connectivity index (χ1) is 18.2. The first-order valence-corrected chi connectivity index (χ1v) is 14.0. The highest BCUT2D eigenvalue weighted by Gasteiger charge is 2.52. The second-order valence-electron chi connectivity index (χ2n) is 9.79. The molecule has 1 fully saturated rings. The lowest BCUT2D eigenvalue weighted by Crippen LogP contribution is -2.38. The van der Waals surface area contributed by atoms with Gasteiger partial charge in [-0.15, -0.1) is 0 Å². The normalized spacial score (nSPS) is 15.3. The van der Waals surface area contributed by atoms with E-state index in [-0.39, 0.29) is 18.6 Å². The van der Waals surface area contributed by atoms with E-state index < -0.39 is 13.2 Å². The molecule has 1 heterocycles. The highest BCUT2D eigenvalue weighted by molar-refractivity contribution is 7.46. The van der Waals surface area contributed by atoms with Gasteiger partial charge in [0.2, 0.25) is 5.91 Å². The summed E-state index contributed by atoms with van der Waals surface area (Å²) in [5.41, 5.74) is 4.97. The van der Waals surface area contributed by atoms with Crippen LogP contribution in [0.3, 0.4) is 0 Å². The number of fused-ring (bicyclic) bond motifs is 1. The number of hydrogen-bond acceptors (Lipinski definition) is 4. The number of carbonyl (C=O) groups excluding carboxylic acids is 1. The lowest BCUT2D eigenvalue weighted by molar-refractivity contribution is -0.124. The van der Waals surface area contributed by atoms with Gasteiger partial charge in [0, 0.05) is 22.7 Å². The van der Waals surface area contributed by atoms with E-state index in [0.717, 1.165) is 57.3 Å². The average molecular weight is 535 g/mol. The summed E-state index contributed by atoms with van der Waals surface area (Å²) in [4.78, 5) is 35.1.